The number of halogens is 1. The Labute approximate surface area is 167 Å². The Kier molecular flexibility index (Phi) is 8.42. The van der Waals surface area contributed by atoms with Gasteiger partial charge in [-0.05, 0) is 62.0 Å². The monoisotopic (exact) mass is 387 g/mol. The third-order valence-electron chi connectivity index (χ3n) is 5.17. The molecule has 1 heterocycles. The summed E-state index contributed by atoms with van der Waals surface area (Å²) >= 11 is 0. The first kappa shape index (κ1) is 21.9. The van der Waals surface area contributed by atoms with Gasteiger partial charge in [0, 0.05) is 13.0 Å². The normalized spacial score (nSPS) is 17.9. The number of unbranched alkanes of at least 4 members (excludes halogenated alkanes) is 1. The highest BCUT2D eigenvalue weighted by molar-refractivity contribution is 5.89. The Balaban J connectivity index is 1.96. The first-order valence-corrected chi connectivity index (χ1v) is 9.96. The number of allylic oxidation sites excluding steroid dienone is 3. The number of nitrogens with zero attached hydrogens (tertiary/aromatic N) is 1. The lowest BCUT2D eigenvalue weighted by Crippen LogP contribution is -2.33. The van der Waals surface area contributed by atoms with Gasteiger partial charge in [-0.3, -0.25) is 4.79 Å². The molecule has 0 aliphatic carbocycles. The molecule has 0 aromatic heterocycles. The molecule has 5 heteroatoms. The minimum atomic E-state index is -0.365. The number of esters is 1. The molecule has 28 heavy (non-hydrogen) atoms. The highest BCUT2D eigenvalue weighted by atomic mass is 19.1. The maximum Gasteiger partial charge on any atom is 0.337 e. The molecule has 1 atom stereocenters. The molecule has 0 saturated carbocycles. The Morgan fingerprint density at radius 1 is 1.32 bits per heavy atom. The van der Waals surface area contributed by atoms with Crippen LogP contribution in [0.1, 0.15) is 61.9 Å². The molecule has 2 rings (SSSR count). The molecule has 152 valence electrons. The molecular formula is C23H30FNO3. The molecule has 0 spiro atoms. The van der Waals surface area contributed by atoms with Gasteiger partial charge < -0.3 is 9.64 Å². The second kappa shape index (κ2) is 10.8. The van der Waals surface area contributed by atoms with E-state index in [-0.39, 0.29) is 23.7 Å². The largest absolute Gasteiger partial charge is 0.465 e. The summed E-state index contributed by atoms with van der Waals surface area (Å²) in [5.74, 6) is -0.449. The van der Waals surface area contributed by atoms with Crippen LogP contribution in [0.15, 0.2) is 47.8 Å². The predicted molar refractivity (Wildman–Crippen MR) is 109 cm³/mol. The minimum Gasteiger partial charge on any atom is -0.465 e. The Morgan fingerprint density at radius 2 is 2.04 bits per heavy atom. The summed E-state index contributed by atoms with van der Waals surface area (Å²) in [6.45, 7) is 4.49. The van der Waals surface area contributed by atoms with Crippen molar-refractivity contribution in [2.45, 2.75) is 58.4 Å². The molecule has 1 aliphatic heterocycles. The lowest BCUT2D eigenvalue weighted by atomic mass is 10.1. The molecule has 4 nitrogen and oxygen atoms in total. The topological polar surface area (TPSA) is 46.6 Å². The van der Waals surface area contributed by atoms with E-state index in [9.17, 15) is 14.0 Å². The Morgan fingerprint density at radius 3 is 2.68 bits per heavy atom. The average molecular weight is 387 g/mol. The van der Waals surface area contributed by atoms with E-state index in [1.165, 1.54) is 13.2 Å². The zero-order valence-corrected chi connectivity index (χ0v) is 17.0. The van der Waals surface area contributed by atoms with Gasteiger partial charge in [-0.2, -0.15) is 0 Å². The predicted octanol–water partition coefficient (Wildman–Crippen LogP) is 5.00. The quantitative estimate of drug-likeness (QED) is 0.443. The summed E-state index contributed by atoms with van der Waals surface area (Å²) in [4.78, 5) is 25.5. The van der Waals surface area contributed by atoms with Crippen molar-refractivity contribution in [1.29, 1.82) is 0 Å². The molecule has 0 bridgehead atoms. The fourth-order valence-electron chi connectivity index (χ4n) is 3.32. The molecule has 1 aliphatic rings. The number of amides is 1. The van der Waals surface area contributed by atoms with Gasteiger partial charge in [0.1, 0.15) is 5.83 Å². The fraction of sp³-hybridized carbons (Fsp3) is 0.478. The maximum atomic E-state index is 14.2. The number of hydrogen-bond donors (Lipinski definition) is 0. The van der Waals surface area contributed by atoms with Gasteiger partial charge >= 0.3 is 5.97 Å². The van der Waals surface area contributed by atoms with Gasteiger partial charge in [-0.1, -0.05) is 31.6 Å². The van der Waals surface area contributed by atoms with E-state index >= 15 is 0 Å². The van der Waals surface area contributed by atoms with Gasteiger partial charge in [0.05, 0.1) is 18.7 Å². The van der Waals surface area contributed by atoms with E-state index in [0.29, 0.717) is 24.9 Å². The smallest absolute Gasteiger partial charge is 0.337 e. The minimum absolute atomic E-state index is 0.0634. The SMILES string of the molecule is CCCC/C(C)=C(F)/C=C/[C@H]1CCC(=O)N1CCc1ccc(C(=O)OC)cc1. The van der Waals surface area contributed by atoms with Crippen LogP contribution in [0.2, 0.25) is 0 Å². The summed E-state index contributed by atoms with van der Waals surface area (Å²) in [6.07, 6.45) is 8.03. The number of hydrogen-bond acceptors (Lipinski definition) is 3. The van der Waals surface area contributed by atoms with Crippen molar-refractivity contribution in [2.24, 2.45) is 0 Å². The molecule has 1 fully saturated rings. The molecule has 1 aromatic carbocycles. The lowest BCUT2D eigenvalue weighted by molar-refractivity contribution is -0.128. The third-order valence-corrected chi connectivity index (χ3v) is 5.17. The van der Waals surface area contributed by atoms with Gasteiger partial charge in [0.15, 0.2) is 0 Å². The summed E-state index contributed by atoms with van der Waals surface area (Å²) in [6, 6.07) is 7.13. The van der Waals surface area contributed by atoms with Crippen LogP contribution in [0.5, 0.6) is 0 Å². The summed E-state index contributed by atoms with van der Waals surface area (Å²) in [5.41, 5.74) is 2.31. The second-order valence-corrected chi connectivity index (χ2v) is 7.22. The van der Waals surface area contributed by atoms with Gasteiger partial charge in [-0.15, -0.1) is 0 Å². The second-order valence-electron chi connectivity index (χ2n) is 7.22. The zero-order valence-electron chi connectivity index (χ0n) is 17.0. The number of carbonyl (C=O) groups excluding carboxylic acids is 2. The fourth-order valence-corrected chi connectivity index (χ4v) is 3.32. The molecule has 1 amide bonds. The van der Waals surface area contributed by atoms with E-state index in [1.807, 2.05) is 30.0 Å². The Bertz CT molecular complexity index is 737. The van der Waals surface area contributed by atoms with Crippen LogP contribution >= 0.6 is 0 Å². The molecule has 1 saturated heterocycles. The van der Waals surface area contributed by atoms with Crippen LogP contribution in [0, 0.1) is 0 Å². The van der Waals surface area contributed by atoms with Crippen molar-refractivity contribution in [3.05, 3.63) is 58.9 Å². The van der Waals surface area contributed by atoms with Crippen LogP contribution in [-0.4, -0.2) is 36.5 Å². The molecule has 1 aromatic rings. The zero-order chi connectivity index (χ0) is 20.5. The summed E-state index contributed by atoms with van der Waals surface area (Å²) in [5, 5.41) is 0. The molecular weight excluding hydrogens is 357 g/mol. The van der Waals surface area contributed by atoms with E-state index < -0.39 is 0 Å². The first-order valence-electron chi connectivity index (χ1n) is 9.96. The van der Waals surface area contributed by atoms with Crippen molar-refractivity contribution < 1.29 is 18.7 Å². The van der Waals surface area contributed by atoms with Crippen LogP contribution in [0.4, 0.5) is 4.39 Å². The average Bonchev–Trinajstić information content (AvgIpc) is 3.07. The number of benzene rings is 1. The molecule has 0 radical (unpaired) electrons. The third kappa shape index (κ3) is 6.04. The van der Waals surface area contributed by atoms with Crippen molar-refractivity contribution in [3.8, 4) is 0 Å². The summed E-state index contributed by atoms with van der Waals surface area (Å²) in [7, 11) is 1.35. The van der Waals surface area contributed by atoms with Crippen molar-refractivity contribution in [2.75, 3.05) is 13.7 Å². The number of likely N-dealkylation sites (tertiary alicyclic amines) is 1. The maximum absolute atomic E-state index is 14.2. The van der Waals surface area contributed by atoms with Crippen LogP contribution in [-0.2, 0) is 16.0 Å². The van der Waals surface area contributed by atoms with Gasteiger partial charge in [0.2, 0.25) is 5.91 Å². The van der Waals surface area contributed by atoms with E-state index in [4.69, 9.17) is 4.74 Å². The van der Waals surface area contributed by atoms with Crippen molar-refractivity contribution in [1.82, 2.24) is 4.90 Å². The van der Waals surface area contributed by atoms with Crippen molar-refractivity contribution in [3.63, 3.8) is 0 Å². The number of ether oxygens (including phenoxy) is 1. The number of rotatable bonds is 9. The molecule has 0 N–H and O–H groups in total. The highest BCUT2D eigenvalue weighted by Gasteiger charge is 2.28. The van der Waals surface area contributed by atoms with E-state index in [1.54, 1.807) is 12.1 Å². The standard InChI is InChI=1S/C23H30FNO3/c1-4-5-6-17(2)21(24)13-11-20-12-14-22(26)25(20)16-15-18-7-9-19(10-8-18)23(27)28-3/h7-11,13,20H,4-6,12,14-16H2,1-3H3/b13-11+,21-17-/t20-/m0/s1. The lowest BCUT2D eigenvalue weighted by Gasteiger charge is -2.22. The summed E-state index contributed by atoms with van der Waals surface area (Å²) < 4.78 is 18.9. The van der Waals surface area contributed by atoms with Crippen molar-refractivity contribution >= 4 is 11.9 Å². The van der Waals surface area contributed by atoms with Crippen LogP contribution < -0.4 is 0 Å². The number of methoxy groups -OCH3 is 1. The Hall–Kier alpha value is -2.43. The van der Waals surface area contributed by atoms with Gasteiger partial charge in [-0.25, -0.2) is 9.18 Å². The highest BCUT2D eigenvalue weighted by Crippen LogP contribution is 2.22. The van der Waals surface area contributed by atoms with Gasteiger partial charge in [0.25, 0.3) is 0 Å². The van der Waals surface area contributed by atoms with E-state index in [2.05, 4.69) is 6.92 Å². The molecule has 0 unspecified atom stereocenters. The van der Waals surface area contributed by atoms with Crippen LogP contribution in [0.25, 0.3) is 0 Å². The van der Waals surface area contributed by atoms with E-state index in [0.717, 1.165) is 36.8 Å². The first-order chi connectivity index (χ1) is 13.5. The van der Waals surface area contributed by atoms with Crippen LogP contribution in [0.3, 0.4) is 0 Å². The number of carbonyl (C=O) groups is 2.